The lowest BCUT2D eigenvalue weighted by Crippen LogP contribution is -2.14. The Morgan fingerprint density at radius 1 is 1.08 bits per heavy atom. The van der Waals surface area contributed by atoms with Crippen LogP contribution in [0.1, 0.15) is 12.0 Å². The van der Waals surface area contributed by atoms with Gasteiger partial charge in [0.05, 0.1) is 10.6 Å². The lowest BCUT2D eigenvalue weighted by molar-refractivity contribution is -0.116. The molecule has 0 unspecified atom stereocenters. The number of nitrogens with one attached hydrogen (secondary N) is 2. The molecule has 0 aliphatic carbocycles. The predicted molar refractivity (Wildman–Crippen MR) is 94.8 cm³/mol. The Labute approximate surface area is 140 Å². The molecule has 0 saturated heterocycles. The molecule has 0 bridgehead atoms. The molecule has 6 heteroatoms. The van der Waals surface area contributed by atoms with Crippen molar-refractivity contribution in [2.24, 2.45) is 0 Å². The molecular formula is C18H18N2O3S. The summed E-state index contributed by atoms with van der Waals surface area (Å²) in [5, 5.41) is 3.80. The maximum absolute atomic E-state index is 12.2. The Bertz CT molecular complexity index is 990. The summed E-state index contributed by atoms with van der Waals surface area (Å²) in [6.45, 7) is 0. The smallest absolute Gasteiger partial charge is 0.224 e. The fraction of sp³-hybridized carbons (Fsp3) is 0.167. The molecule has 1 amide bonds. The van der Waals surface area contributed by atoms with E-state index in [0.29, 0.717) is 12.1 Å². The van der Waals surface area contributed by atoms with Crippen LogP contribution in [-0.2, 0) is 21.1 Å². The van der Waals surface area contributed by atoms with Crippen molar-refractivity contribution in [3.05, 3.63) is 60.3 Å². The van der Waals surface area contributed by atoms with Gasteiger partial charge in [0, 0.05) is 29.8 Å². The number of fused-ring (bicyclic) bond motifs is 1. The minimum Gasteiger partial charge on any atom is -0.361 e. The van der Waals surface area contributed by atoms with Crippen molar-refractivity contribution in [1.29, 1.82) is 0 Å². The number of aromatic amines is 1. The molecule has 1 heterocycles. The number of amides is 1. The van der Waals surface area contributed by atoms with Crippen molar-refractivity contribution in [2.75, 3.05) is 11.6 Å². The molecule has 0 aliphatic heterocycles. The Morgan fingerprint density at radius 2 is 1.79 bits per heavy atom. The molecule has 1 aromatic heterocycles. The van der Waals surface area contributed by atoms with Crippen molar-refractivity contribution >= 4 is 32.3 Å². The molecule has 5 nitrogen and oxygen atoms in total. The first-order valence-corrected chi connectivity index (χ1v) is 9.48. The van der Waals surface area contributed by atoms with Gasteiger partial charge in [0.15, 0.2) is 9.84 Å². The Kier molecular flexibility index (Phi) is 4.40. The van der Waals surface area contributed by atoms with Gasteiger partial charge < -0.3 is 10.3 Å². The summed E-state index contributed by atoms with van der Waals surface area (Å²) in [6.07, 6.45) is 3.89. The van der Waals surface area contributed by atoms with Crippen LogP contribution in [0.5, 0.6) is 0 Å². The molecule has 0 fully saturated rings. The standard InChI is InChI=1S/C18H18N2O3S/c1-24(22,23)17-9-5-4-8-16(17)20-18(21)11-10-13-12-19-15-7-3-2-6-14(13)15/h2-9,12,19H,10-11H2,1H3,(H,20,21). The first-order valence-electron chi connectivity index (χ1n) is 7.59. The van der Waals surface area contributed by atoms with Crippen LogP contribution in [0.3, 0.4) is 0 Å². The quantitative estimate of drug-likeness (QED) is 0.747. The number of hydrogen-bond acceptors (Lipinski definition) is 3. The minimum absolute atomic E-state index is 0.130. The molecule has 2 aromatic carbocycles. The average Bonchev–Trinajstić information content (AvgIpc) is 2.96. The highest BCUT2D eigenvalue weighted by atomic mass is 32.2. The fourth-order valence-corrected chi connectivity index (χ4v) is 3.54. The molecule has 24 heavy (non-hydrogen) atoms. The average molecular weight is 342 g/mol. The molecule has 2 N–H and O–H groups in total. The maximum atomic E-state index is 12.2. The van der Waals surface area contributed by atoms with Gasteiger partial charge in [-0.15, -0.1) is 0 Å². The number of anilines is 1. The number of carbonyl (C=O) groups is 1. The summed E-state index contributed by atoms with van der Waals surface area (Å²) in [5.74, 6) is -0.212. The van der Waals surface area contributed by atoms with E-state index in [1.54, 1.807) is 18.2 Å². The summed E-state index contributed by atoms with van der Waals surface area (Å²) in [4.78, 5) is 15.5. The van der Waals surface area contributed by atoms with Gasteiger partial charge in [0.2, 0.25) is 5.91 Å². The largest absolute Gasteiger partial charge is 0.361 e. The first-order chi connectivity index (χ1) is 11.4. The number of sulfone groups is 1. The highest BCUT2D eigenvalue weighted by molar-refractivity contribution is 7.90. The van der Waals surface area contributed by atoms with Crippen LogP contribution in [0, 0.1) is 0 Å². The lowest BCUT2D eigenvalue weighted by atomic mass is 10.1. The van der Waals surface area contributed by atoms with Crippen LogP contribution < -0.4 is 5.32 Å². The van der Waals surface area contributed by atoms with Gasteiger partial charge in [-0.25, -0.2) is 8.42 Å². The van der Waals surface area contributed by atoms with Crippen LogP contribution in [0.4, 0.5) is 5.69 Å². The van der Waals surface area contributed by atoms with E-state index < -0.39 is 9.84 Å². The van der Waals surface area contributed by atoms with Crippen LogP contribution in [0.2, 0.25) is 0 Å². The van der Waals surface area contributed by atoms with Crippen molar-refractivity contribution in [2.45, 2.75) is 17.7 Å². The van der Waals surface area contributed by atoms with Crippen molar-refractivity contribution in [3.63, 3.8) is 0 Å². The molecule has 0 atom stereocenters. The normalized spacial score (nSPS) is 11.5. The molecule has 124 valence electrons. The topological polar surface area (TPSA) is 79.0 Å². The molecule has 0 saturated carbocycles. The molecule has 0 spiro atoms. The van der Waals surface area contributed by atoms with Crippen LogP contribution in [0.15, 0.2) is 59.6 Å². The second kappa shape index (κ2) is 6.49. The molecular weight excluding hydrogens is 324 g/mol. The Balaban J connectivity index is 1.71. The molecule has 3 rings (SSSR count). The fourth-order valence-electron chi connectivity index (χ4n) is 2.69. The highest BCUT2D eigenvalue weighted by Gasteiger charge is 2.14. The molecule has 3 aromatic rings. The second-order valence-corrected chi connectivity index (χ2v) is 7.66. The summed E-state index contributed by atoms with van der Waals surface area (Å²) in [7, 11) is -3.39. The SMILES string of the molecule is CS(=O)(=O)c1ccccc1NC(=O)CCc1c[nH]c2ccccc12. The Hall–Kier alpha value is -2.60. The molecule has 0 radical (unpaired) electrons. The monoisotopic (exact) mass is 342 g/mol. The summed E-state index contributed by atoms with van der Waals surface area (Å²) >= 11 is 0. The summed E-state index contributed by atoms with van der Waals surface area (Å²) in [6, 6.07) is 14.3. The van der Waals surface area contributed by atoms with Gasteiger partial charge in [0.25, 0.3) is 0 Å². The number of benzene rings is 2. The van der Waals surface area contributed by atoms with Crippen molar-refractivity contribution < 1.29 is 13.2 Å². The van der Waals surface area contributed by atoms with Gasteiger partial charge >= 0.3 is 0 Å². The van der Waals surface area contributed by atoms with E-state index in [-0.39, 0.29) is 17.2 Å². The number of aryl methyl sites for hydroxylation is 1. The predicted octanol–water partition coefficient (Wildman–Crippen LogP) is 3.14. The maximum Gasteiger partial charge on any atom is 0.224 e. The van der Waals surface area contributed by atoms with Crippen molar-refractivity contribution in [1.82, 2.24) is 4.98 Å². The van der Waals surface area contributed by atoms with E-state index in [1.165, 1.54) is 6.07 Å². The van der Waals surface area contributed by atoms with Gasteiger partial charge in [-0.05, 0) is 30.2 Å². The second-order valence-electron chi connectivity index (χ2n) is 5.68. The van der Waals surface area contributed by atoms with Gasteiger partial charge in [0.1, 0.15) is 0 Å². The summed E-state index contributed by atoms with van der Waals surface area (Å²) in [5.41, 5.74) is 2.43. The van der Waals surface area contributed by atoms with Gasteiger partial charge in [-0.2, -0.15) is 0 Å². The van der Waals surface area contributed by atoms with E-state index in [4.69, 9.17) is 0 Å². The zero-order valence-corrected chi connectivity index (χ0v) is 14.1. The van der Waals surface area contributed by atoms with Crippen LogP contribution in [-0.4, -0.2) is 25.6 Å². The number of hydrogen-bond donors (Lipinski definition) is 2. The highest BCUT2D eigenvalue weighted by Crippen LogP contribution is 2.22. The van der Waals surface area contributed by atoms with E-state index >= 15 is 0 Å². The minimum atomic E-state index is -3.39. The number of H-pyrrole nitrogens is 1. The van der Waals surface area contributed by atoms with E-state index in [1.807, 2.05) is 30.5 Å². The van der Waals surface area contributed by atoms with E-state index in [0.717, 1.165) is 22.7 Å². The number of para-hydroxylation sites is 2. The first kappa shape index (κ1) is 16.3. The van der Waals surface area contributed by atoms with Crippen molar-refractivity contribution in [3.8, 4) is 0 Å². The Morgan fingerprint density at radius 3 is 2.58 bits per heavy atom. The zero-order valence-electron chi connectivity index (χ0n) is 13.2. The zero-order chi connectivity index (χ0) is 17.2. The number of aromatic nitrogens is 1. The van der Waals surface area contributed by atoms with Gasteiger partial charge in [-0.3, -0.25) is 4.79 Å². The third-order valence-corrected chi connectivity index (χ3v) is 5.01. The van der Waals surface area contributed by atoms with Crippen LogP contribution >= 0.6 is 0 Å². The van der Waals surface area contributed by atoms with Crippen LogP contribution in [0.25, 0.3) is 10.9 Å². The third kappa shape index (κ3) is 3.49. The summed E-state index contributed by atoms with van der Waals surface area (Å²) < 4.78 is 23.5. The van der Waals surface area contributed by atoms with Gasteiger partial charge in [-0.1, -0.05) is 30.3 Å². The van der Waals surface area contributed by atoms with E-state index in [2.05, 4.69) is 10.3 Å². The number of rotatable bonds is 5. The third-order valence-electron chi connectivity index (χ3n) is 3.86. The van der Waals surface area contributed by atoms with E-state index in [9.17, 15) is 13.2 Å². The molecule has 0 aliphatic rings. The number of carbonyl (C=O) groups excluding carboxylic acids is 1. The lowest BCUT2D eigenvalue weighted by Gasteiger charge is -2.09.